The van der Waals surface area contributed by atoms with E-state index < -0.39 is 33.0 Å². The number of hydrogen-bond acceptors (Lipinski definition) is 5. The van der Waals surface area contributed by atoms with Gasteiger partial charge in [0.2, 0.25) is 0 Å². The van der Waals surface area contributed by atoms with Gasteiger partial charge in [0.15, 0.2) is 0 Å². The molecule has 2 atom stereocenters. The van der Waals surface area contributed by atoms with E-state index in [-0.39, 0.29) is 13.1 Å². The van der Waals surface area contributed by atoms with Gasteiger partial charge in [0, 0.05) is 19.0 Å². The van der Waals surface area contributed by atoms with E-state index in [2.05, 4.69) is 0 Å². The van der Waals surface area contributed by atoms with Gasteiger partial charge in [-0.2, -0.15) is 8.42 Å². The van der Waals surface area contributed by atoms with E-state index in [1.54, 1.807) is 26.8 Å². The molecular weight excluding hydrogens is 298 g/mol. The zero-order valence-corrected chi connectivity index (χ0v) is 13.0. The van der Waals surface area contributed by atoms with Gasteiger partial charge in [-0.25, -0.2) is 4.79 Å². The van der Waals surface area contributed by atoms with Crippen LogP contribution >= 0.6 is 0 Å². The largest absolute Gasteiger partial charge is 0.472 e. The molecule has 0 radical (unpaired) electrons. The molecule has 1 aliphatic heterocycles. The minimum absolute atomic E-state index is 0.108. The van der Waals surface area contributed by atoms with Gasteiger partial charge in [0.05, 0.1) is 12.5 Å². The minimum atomic E-state index is -4.28. The summed E-state index contributed by atoms with van der Waals surface area (Å²) in [4.78, 5) is 13.3. The van der Waals surface area contributed by atoms with Crippen molar-refractivity contribution in [1.29, 1.82) is 0 Å². The fourth-order valence-electron chi connectivity index (χ4n) is 2.36. The van der Waals surface area contributed by atoms with Gasteiger partial charge < -0.3 is 14.1 Å². The molecule has 1 fully saturated rings. The number of carbonyl (C=O) groups excluding carboxylic acids is 1. The first-order valence-electron chi connectivity index (χ1n) is 6.54. The average Bonchev–Trinajstić information content (AvgIpc) is 2.94. The summed E-state index contributed by atoms with van der Waals surface area (Å²) < 4.78 is 42.6. The molecule has 1 aromatic heterocycles. The predicted octanol–water partition coefficient (Wildman–Crippen LogP) is 1.87. The third-order valence-electron chi connectivity index (χ3n) is 3.27. The summed E-state index contributed by atoms with van der Waals surface area (Å²) in [6.45, 7) is 5.24. The first kappa shape index (κ1) is 15.8. The second-order valence-electron chi connectivity index (χ2n) is 6.10. The normalized spacial score (nSPS) is 23.3. The van der Waals surface area contributed by atoms with Crippen molar-refractivity contribution in [2.24, 2.45) is 0 Å². The highest BCUT2D eigenvalue weighted by molar-refractivity contribution is 7.86. The minimum Gasteiger partial charge on any atom is -0.472 e. The molecule has 118 valence electrons. The second kappa shape index (κ2) is 5.34. The number of carbonyl (C=O) groups is 1. The van der Waals surface area contributed by atoms with E-state index in [9.17, 15) is 17.8 Å². The monoisotopic (exact) mass is 317 g/mol. The summed E-state index contributed by atoms with van der Waals surface area (Å²) in [5.74, 6) is -0.536. The number of nitrogens with zero attached hydrogens (tertiary/aromatic N) is 1. The average molecular weight is 317 g/mol. The molecule has 2 rings (SSSR count). The van der Waals surface area contributed by atoms with Gasteiger partial charge in [0.25, 0.3) is 10.1 Å². The molecule has 1 aliphatic rings. The molecule has 0 spiro atoms. The van der Waals surface area contributed by atoms with E-state index in [0.29, 0.717) is 5.56 Å². The standard InChI is InChI=1S/C13H19NO6S/c1-13(2,3)20-12(15)14-6-10(9-4-5-19-8-9)11(7-14)21(16,17)18/h4-5,8,10-11H,6-7H2,1-3H3,(H,16,17,18). The Balaban J connectivity index is 2.21. The van der Waals surface area contributed by atoms with Gasteiger partial charge in [-0.3, -0.25) is 4.55 Å². The van der Waals surface area contributed by atoms with Crippen molar-refractivity contribution < 1.29 is 26.9 Å². The van der Waals surface area contributed by atoms with Crippen LogP contribution in [0.5, 0.6) is 0 Å². The zero-order valence-electron chi connectivity index (χ0n) is 12.1. The van der Waals surface area contributed by atoms with Crippen molar-refractivity contribution in [2.45, 2.75) is 37.5 Å². The Bertz CT molecular complexity index is 601. The topological polar surface area (TPSA) is 97.0 Å². The summed E-state index contributed by atoms with van der Waals surface area (Å²) in [5.41, 5.74) is -0.0398. The van der Waals surface area contributed by atoms with E-state index in [0.717, 1.165) is 0 Å². The summed E-state index contributed by atoms with van der Waals surface area (Å²) in [6, 6.07) is 1.63. The molecule has 8 heteroatoms. The molecule has 1 N–H and O–H groups in total. The van der Waals surface area contributed by atoms with Gasteiger partial charge >= 0.3 is 6.09 Å². The van der Waals surface area contributed by atoms with Crippen molar-refractivity contribution in [3.05, 3.63) is 24.2 Å². The molecule has 0 aromatic carbocycles. The molecular formula is C13H19NO6S. The summed E-state index contributed by atoms with van der Waals surface area (Å²) in [5, 5.41) is -1.08. The lowest BCUT2D eigenvalue weighted by molar-refractivity contribution is 0.0293. The van der Waals surface area contributed by atoms with Crippen LogP contribution in [-0.4, -0.2) is 47.9 Å². The Morgan fingerprint density at radius 1 is 1.43 bits per heavy atom. The third-order valence-corrected chi connectivity index (χ3v) is 4.51. The van der Waals surface area contributed by atoms with E-state index in [4.69, 9.17) is 9.15 Å². The lowest BCUT2D eigenvalue weighted by atomic mass is 10.0. The molecule has 1 amide bonds. The van der Waals surface area contributed by atoms with Crippen LogP contribution in [0.15, 0.2) is 23.0 Å². The fourth-order valence-corrected chi connectivity index (χ4v) is 3.38. The Morgan fingerprint density at radius 3 is 2.57 bits per heavy atom. The second-order valence-corrected chi connectivity index (χ2v) is 7.74. The number of ether oxygens (including phenoxy) is 1. The molecule has 7 nitrogen and oxygen atoms in total. The SMILES string of the molecule is CC(C)(C)OC(=O)N1CC(c2ccoc2)C(S(=O)(=O)O)C1. The van der Waals surface area contributed by atoms with Gasteiger partial charge in [-0.15, -0.1) is 0 Å². The van der Waals surface area contributed by atoms with Crippen LogP contribution in [0.3, 0.4) is 0 Å². The predicted molar refractivity (Wildman–Crippen MR) is 74.6 cm³/mol. The lowest BCUT2D eigenvalue weighted by Crippen LogP contribution is -2.36. The van der Waals surface area contributed by atoms with Crippen molar-refractivity contribution in [2.75, 3.05) is 13.1 Å². The number of likely N-dealkylation sites (tertiary alicyclic amines) is 1. The first-order valence-corrected chi connectivity index (χ1v) is 8.04. The number of furan rings is 1. The fraction of sp³-hybridized carbons (Fsp3) is 0.615. The summed E-state index contributed by atoms with van der Waals surface area (Å²) in [6.07, 6.45) is 2.25. The summed E-state index contributed by atoms with van der Waals surface area (Å²) in [7, 11) is -4.28. The summed E-state index contributed by atoms with van der Waals surface area (Å²) >= 11 is 0. The van der Waals surface area contributed by atoms with Crippen LogP contribution in [0.1, 0.15) is 32.3 Å². The molecule has 21 heavy (non-hydrogen) atoms. The molecule has 0 aliphatic carbocycles. The smallest absolute Gasteiger partial charge is 0.410 e. The Labute approximate surface area is 123 Å². The first-order chi connectivity index (χ1) is 9.58. The molecule has 2 heterocycles. The maximum absolute atomic E-state index is 12.1. The van der Waals surface area contributed by atoms with Crippen molar-refractivity contribution in [1.82, 2.24) is 4.90 Å². The molecule has 1 saturated heterocycles. The van der Waals surface area contributed by atoms with Gasteiger partial charge in [0.1, 0.15) is 10.9 Å². The third kappa shape index (κ3) is 3.76. The Kier molecular flexibility index (Phi) is 4.03. The highest BCUT2D eigenvalue weighted by Gasteiger charge is 2.44. The lowest BCUT2D eigenvalue weighted by Gasteiger charge is -2.24. The van der Waals surface area contributed by atoms with Gasteiger partial charge in [-0.1, -0.05) is 0 Å². The van der Waals surface area contributed by atoms with Crippen LogP contribution in [0, 0.1) is 0 Å². The van der Waals surface area contributed by atoms with Crippen LogP contribution in [0.4, 0.5) is 4.79 Å². The number of hydrogen-bond donors (Lipinski definition) is 1. The Morgan fingerprint density at radius 2 is 2.10 bits per heavy atom. The molecule has 0 bridgehead atoms. The maximum Gasteiger partial charge on any atom is 0.410 e. The van der Waals surface area contributed by atoms with Crippen molar-refractivity contribution in [3.8, 4) is 0 Å². The maximum atomic E-state index is 12.1. The highest BCUT2D eigenvalue weighted by Crippen LogP contribution is 2.32. The molecule has 1 aromatic rings. The molecule has 0 saturated carbocycles. The van der Waals surface area contributed by atoms with E-state index in [1.807, 2.05) is 0 Å². The van der Waals surface area contributed by atoms with Crippen LogP contribution in [0.25, 0.3) is 0 Å². The van der Waals surface area contributed by atoms with Crippen molar-refractivity contribution in [3.63, 3.8) is 0 Å². The van der Waals surface area contributed by atoms with Gasteiger partial charge in [-0.05, 0) is 32.4 Å². The van der Waals surface area contributed by atoms with Crippen molar-refractivity contribution >= 4 is 16.2 Å². The highest BCUT2D eigenvalue weighted by atomic mass is 32.2. The number of amides is 1. The zero-order chi connectivity index (χ0) is 15.8. The van der Waals surface area contributed by atoms with Crippen LogP contribution in [-0.2, 0) is 14.9 Å². The van der Waals surface area contributed by atoms with Crippen LogP contribution in [0.2, 0.25) is 0 Å². The van der Waals surface area contributed by atoms with E-state index >= 15 is 0 Å². The quantitative estimate of drug-likeness (QED) is 0.836. The molecule has 2 unspecified atom stereocenters. The Hall–Kier alpha value is -1.54. The number of rotatable bonds is 2. The van der Waals surface area contributed by atoms with E-state index in [1.165, 1.54) is 17.4 Å². The van der Waals surface area contributed by atoms with Crippen LogP contribution < -0.4 is 0 Å².